The number of aromatic nitrogens is 2. The van der Waals surface area contributed by atoms with Gasteiger partial charge in [-0.1, -0.05) is 32.1 Å². The summed E-state index contributed by atoms with van der Waals surface area (Å²) in [4.78, 5) is 0. The lowest BCUT2D eigenvalue weighted by molar-refractivity contribution is 0.151. The predicted octanol–water partition coefficient (Wildman–Crippen LogP) is 3.30. The van der Waals surface area contributed by atoms with E-state index in [9.17, 15) is 5.11 Å². The molecular formula is C14H24N2O. The Hall–Kier alpha value is -0.830. The minimum absolute atomic E-state index is 0.322. The lowest BCUT2D eigenvalue weighted by Crippen LogP contribution is -2.08. The van der Waals surface area contributed by atoms with Crippen molar-refractivity contribution in [3.63, 3.8) is 0 Å². The molecule has 0 aliphatic heterocycles. The van der Waals surface area contributed by atoms with Crippen molar-refractivity contribution in [3.8, 4) is 0 Å². The van der Waals surface area contributed by atoms with Gasteiger partial charge in [-0.15, -0.1) is 0 Å². The Bertz CT molecular complexity index is 329. The molecule has 17 heavy (non-hydrogen) atoms. The molecule has 0 radical (unpaired) electrons. The van der Waals surface area contributed by atoms with Crippen molar-refractivity contribution in [3.05, 3.63) is 18.0 Å². The zero-order valence-electron chi connectivity index (χ0n) is 10.8. The van der Waals surface area contributed by atoms with Crippen LogP contribution in [0.3, 0.4) is 0 Å². The van der Waals surface area contributed by atoms with Crippen LogP contribution < -0.4 is 0 Å². The lowest BCUT2D eigenvalue weighted by atomic mass is 9.85. The highest BCUT2D eigenvalue weighted by Crippen LogP contribution is 2.30. The third-order valence-corrected chi connectivity index (χ3v) is 3.94. The number of hydrogen-bond donors (Lipinski definition) is 1. The number of nitrogens with zero attached hydrogens (tertiary/aromatic N) is 2. The van der Waals surface area contributed by atoms with Gasteiger partial charge in [0.05, 0.1) is 12.3 Å². The molecule has 1 atom stereocenters. The zero-order chi connectivity index (χ0) is 12.1. The van der Waals surface area contributed by atoms with Gasteiger partial charge in [0.1, 0.15) is 0 Å². The van der Waals surface area contributed by atoms with E-state index in [0.29, 0.717) is 0 Å². The molecule has 1 aliphatic rings. The van der Waals surface area contributed by atoms with Crippen molar-refractivity contribution in [1.82, 2.24) is 9.78 Å². The fourth-order valence-corrected chi connectivity index (χ4v) is 2.76. The molecule has 1 aromatic heterocycles. The first-order valence-electron chi connectivity index (χ1n) is 7.00. The first-order chi connectivity index (χ1) is 8.29. The molecule has 3 nitrogen and oxygen atoms in total. The van der Waals surface area contributed by atoms with Crippen LogP contribution in [0.4, 0.5) is 0 Å². The van der Waals surface area contributed by atoms with Crippen LogP contribution in [0, 0.1) is 5.92 Å². The van der Waals surface area contributed by atoms with E-state index in [1.807, 2.05) is 10.9 Å². The van der Waals surface area contributed by atoms with E-state index >= 15 is 0 Å². The third-order valence-electron chi connectivity index (χ3n) is 3.94. The van der Waals surface area contributed by atoms with Gasteiger partial charge in [-0.3, -0.25) is 4.68 Å². The Balaban J connectivity index is 1.77. The molecule has 0 saturated heterocycles. The highest BCUT2D eigenvalue weighted by atomic mass is 16.3. The molecule has 1 aromatic rings. The van der Waals surface area contributed by atoms with E-state index in [2.05, 4.69) is 12.0 Å². The highest BCUT2D eigenvalue weighted by molar-refractivity contribution is 5.07. The fourth-order valence-electron chi connectivity index (χ4n) is 2.76. The second-order valence-corrected chi connectivity index (χ2v) is 5.23. The summed E-state index contributed by atoms with van der Waals surface area (Å²) in [7, 11) is 0. The first kappa shape index (κ1) is 12.6. The Kier molecular flexibility index (Phi) is 4.60. The summed E-state index contributed by atoms with van der Waals surface area (Å²) in [5.41, 5.74) is 0.975. The minimum atomic E-state index is -0.322. The average Bonchev–Trinajstić information content (AvgIpc) is 2.86. The van der Waals surface area contributed by atoms with Crippen molar-refractivity contribution in [2.45, 2.75) is 64.5 Å². The van der Waals surface area contributed by atoms with Gasteiger partial charge in [0.15, 0.2) is 0 Å². The van der Waals surface area contributed by atoms with Gasteiger partial charge < -0.3 is 5.11 Å². The highest BCUT2D eigenvalue weighted by Gasteiger charge is 2.16. The Morgan fingerprint density at radius 2 is 2.18 bits per heavy atom. The Morgan fingerprint density at radius 1 is 1.41 bits per heavy atom. The number of aryl methyl sites for hydroxylation is 1. The summed E-state index contributed by atoms with van der Waals surface area (Å²) in [6.07, 6.45) is 12.4. The maximum atomic E-state index is 10.1. The number of aliphatic hydroxyl groups excluding tert-OH is 1. The molecule has 0 amide bonds. The minimum Gasteiger partial charge on any atom is -0.388 e. The normalized spacial score (nSPS) is 19.4. The third kappa shape index (κ3) is 3.56. The van der Waals surface area contributed by atoms with E-state index in [-0.39, 0.29) is 6.10 Å². The molecule has 3 heteroatoms. The Labute approximate surface area is 104 Å². The SMILES string of the molecule is CCn1cc(C(O)CCC2CCCCC2)cn1. The van der Waals surface area contributed by atoms with Crippen LogP contribution in [0.15, 0.2) is 12.4 Å². The second kappa shape index (κ2) is 6.20. The van der Waals surface area contributed by atoms with Crippen LogP contribution in [0.25, 0.3) is 0 Å². The van der Waals surface area contributed by atoms with E-state index in [0.717, 1.165) is 24.4 Å². The molecule has 1 N–H and O–H groups in total. The summed E-state index contributed by atoms with van der Waals surface area (Å²) < 4.78 is 1.87. The molecule has 1 aliphatic carbocycles. The summed E-state index contributed by atoms with van der Waals surface area (Å²) >= 11 is 0. The number of hydrogen-bond acceptors (Lipinski definition) is 2. The summed E-state index contributed by atoms with van der Waals surface area (Å²) in [6.45, 7) is 2.93. The fraction of sp³-hybridized carbons (Fsp3) is 0.786. The number of aliphatic hydroxyl groups is 1. The van der Waals surface area contributed by atoms with Crippen LogP contribution >= 0.6 is 0 Å². The molecule has 1 unspecified atom stereocenters. The monoisotopic (exact) mass is 236 g/mol. The number of rotatable bonds is 5. The van der Waals surface area contributed by atoms with Gasteiger partial charge in [0, 0.05) is 18.3 Å². The van der Waals surface area contributed by atoms with E-state index in [4.69, 9.17) is 0 Å². The smallest absolute Gasteiger partial charge is 0.0820 e. The maximum absolute atomic E-state index is 10.1. The molecule has 0 bridgehead atoms. The molecule has 2 rings (SSSR count). The lowest BCUT2D eigenvalue weighted by Gasteiger charge is -2.22. The van der Waals surface area contributed by atoms with Crippen molar-refractivity contribution in [1.29, 1.82) is 0 Å². The molecule has 0 aromatic carbocycles. The van der Waals surface area contributed by atoms with Gasteiger partial charge in [0.25, 0.3) is 0 Å². The van der Waals surface area contributed by atoms with E-state index in [1.165, 1.54) is 38.5 Å². The van der Waals surface area contributed by atoms with Crippen molar-refractivity contribution >= 4 is 0 Å². The largest absolute Gasteiger partial charge is 0.388 e. The van der Waals surface area contributed by atoms with Crippen molar-refractivity contribution < 1.29 is 5.11 Å². The van der Waals surface area contributed by atoms with E-state index in [1.54, 1.807) is 6.20 Å². The van der Waals surface area contributed by atoms with Crippen LogP contribution in [0.5, 0.6) is 0 Å². The summed E-state index contributed by atoms with van der Waals surface area (Å²) in [5, 5.41) is 14.3. The van der Waals surface area contributed by atoms with Gasteiger partial charge in [-0.05, 0) is 25.7 Å². The molecule has 1 fully saturated rings. The topological polar surface area (TPSA) is 38.0 Å². The molecule has 96 valence electrons. The molecular weight excluding hydrogens is 212 g/mol. The Morgan fingerprint density at radius 3 is 2.82 bits per heavy atom. The average molecular weight is 236 g/mol. The van der Waals surface area contributed by atoms with Crippen LogP contribution in [-0.2, 0) is 6.54 Å². The summed E-state index contributed by atoms with van der Waals surface area (Å²) in [6, 6.07) is 0. The van der Waals surface area contributed by atoms with Gasteiger partial charge in [0.2, 0.25) is 0 Å². The summed E-state index contributed by atoms with van der Waals surface area (Å²) in [5.74, 6) is 0.847. The van der Waals surface area contributed by atoms with Gasteiger partial charge >= 0.3 is 0 Å². The van der Waals surface area contributed by atoms with Crippen LogP contribution in [-0.4, -0.2) is 14.9 Å². The van der Waals surface area contributed by atoms with Crippen molar-refractivity contribution in [2.75, 3.05) is 0 Å². The second-order valence-electron chi connectivity index (χ2n) is 5.23. The van der Waals surface area contributed by atoms with Crippen LogP contribution in [0.2, 0.25) is 0 Å². The quantitative estimate of drug-likeness (QED) is 0.851. The van der Waals surface area contributed by atoms with Crippen molar-refractivity contribution in [2.24, 2.45) is 5.92 Å². The van der Waals surface area contributed by atoms with Gasteiger partial charge in [-0.2, -0.15) is 5.10 Å². The molecule has 0 spiro atoms. The maximum Gasteiger partial charge on any atom is 0.0820 e. The van der Waals surface area contributed by atoms with E-state index < -0.39 is 0 Å². The molecule has 1 heterocycles. The molecule has 1 saturated carbocycles. The predicted molar refractivity (Wildman–Crippen MR) is 68.7 cm³/mol. The zero-order valence-corrected chi connectivity index (χ0v) is 10.8. The van der Waals surface area contributed by atoms with Crippen LogP contribution in [0.1, 0.15) is 63.5 Å². The van der Waals surface area contributed by atoms with Gasteiger partial charge in [-0.25, -0.2) is 0 Å². The first-order valence-corrected chi connectivity index (χ1v) is 7.00. The standard InChI is InChI=1S/C14H24N2O/c1-2-16-11-13(10-15-16)14(17)9-8-12-6-4-3-5-7-12/h10-12,14,17H,2-9H2,1H3.